The van der Waals surface area contributed by atoms with Gasteiger partial charge < -0.3 is 4.74 Å². The van der Waals surface area contributed by atoms with Crippen LogP contribution in [0.25, 0.3) is 17.1 Å². The fourth-order valence-corrected chi connectivity index (χ4v) is 4.08. The van der Waals surface area contributed by atoms with Crippen molar-refractivity contribution in [1.82, 2.24) is 14.8 Å². The normalized spacial score (nSPS) is 10.8. The number of nitrogens with zero attached hydrogens (tertiary/aromatic N) is 3. The number of hydrogen-bond donors (Lipinski definition) is 0. The van der Waals surface area contributed by atoms with Gasteiger partial charge in [0.1, 0.15) is 5.75 Å². The van der Waals surface area contributed by atoms with Gasteiger partial charge in [0, 0.05) is 26.5 Å². The Hall–Kier alpha value is -2.28. The van der Waals surface area contributed by atoms with Crippen LogP contribution in [0.1, 0.15) is 0 Å². The van der Waals surface area contributed by atoms with Crippen molar-refractivity contribution in [3.63, 3.8) is 0 Å². The summed E-state index contributed by atoms with van der Waals surface area (Å²) in [4.78, 5) is 0. The number of hydrogen-bond acceptors (Lipinski definition) is 4. The Morgan fingerprint density at radius 1 is 0.931 bits per heavy atom. The molecular formula is C22H17BrClN3OS. The minimum Gasteiger partial charge on any atom is -0.493 e. The average molecular weight is 487 g/mol. The molecule has 0 aliphatic carbocycles. The first-order valence-electron chi connectivity index (χ1n) is 8.99. The molecule has 4 nitrogen and oxygen atoms in total. The molecule has 0 fully saturated rings. The zero-order valence-electron chi connectivity index (χ0n) is 15.3. The van der Waals surface area contributed by atoms with Gasteiger partial charge in [0.05, 0.1) is 6.61 Å². The van der Waals surface area contributed by atoms with Crippen LogP contribution in [0.5, 0.6) is 5.75 Å². The molecule has 0 saturated heterocycles. The van der Waals surface area contributed by atoms with Crippen molar-refractivity contribution in [3.8, 4) is 22.8 Å². The maximum absolute atomic E-state index is 6.08. The second kappa shape index (κ2) is 9.48. The highest BCUT2D eigenvalue weighted by Crippen LogP contribution is 2.28. The molecule has 29 heavy (non-hydrogen) atoms. The highest BCUT2D eigenvalue weighted by molar-refractivity contribution is 9.10. The molecule has 0 spiro atoms. The highest BCUT2D eigenvalue weighted by Gasteiger charge is 2.16. The van der Waals surface area contributed by atoms with Crippen LogP contribution in [0, 0.1) is 0 Å². The molecule has 0 radical (unpaired) electrons. The van der Waals surface area contributed by atoms with Gasteiger partial charge in [0.2, 0.25) is 0 Å². The zero-order chi connectivity index (χ0) is 20.1. The topological polar surface area (TPSA) is 39.9 Å². The molecule has 1 heterocycles. The molecular weight excluding hydrogens is 470 g/mol. The molecule has 0 atom stereocenters. The molecule has 0 N–H and O–H groups in total. The maximum Gasteiger partial charge on any atom is 0.196 e. The summed E-state index contributed by atoms with van der Waals surface area (Å²) < 4.78 is 8.88. The van der Waals surface area contributed by atoms with Gasteiger partial charge in [-0.25, -0.2) is 0 Å². The predicted octanol–water partition coefficient (Wildman–Crippen LogP) is 6.52. The molecule has 3 aromatic carbocycles. The lowest BCUT2D eigenvalue weighted by atomic mass is 10.2. The fourth-order valence-electron chi connectivity index (χ4n) is 2.81. The first-order valence-corrected chi connectivity index (χ1v) is 11.1. The van der Waals surface area contributed by atoms with E-state index in [0.29, 0.717) is 11.6 Å². The Balaban J connectivity index is 1.55. The van der Waals surface area contributed by atoms with Crippen molar-refractivity contribution in [3.05, 3.63) is 88.4 Å². The van der Waals surface area contributed by atoms with Gasteiger partial charge in [-0.2, -0.15) is 0 Å². The van der Waals surface area contributed by atoms with E-state index in [1.165, 1.54) is 0 Å². The van der Waals surface area contributed by atoms with Gasteiger partial charge in [-0.3, -0.25) is 4.57 Å². The van der Waals surface area contributed by atoms with Gasteiger partial charge in [-0.15, -0.1) is 10.2 Å². The lowest BCUT2D eigenvalue weighted by Gasteiger charge is -2.11. The van der Waals surface area contributed by atoms with Crippen molar-refractivity contribution in [2.45, 2.75) is 5.16 Å². The fraction of sp³-hybridized carbons (Fsp3) is 0.0909. The molecule has 0 unspecified atom stereocenters. The molecule has 146 valence electrons. The molecule has 7 heteroatoms. The molecule has 0 amide bonds. The van der Waals surface area contributed by atoms with E-state index in [1.54, 1.807) is 11.8 Å². The number of benzene rings is 3. The molecule has 4 aromatic rings. The van der Waals surface area contributed by atoms with E-state index in [2.05, 4.69) is 30.7 Å². The molecule has 4 rings (SSSR count). The molecule has 1 aromatic heterocycles. The molecule has 0 bridgehead atoms. The van der Waals surface area contributed by atoms with Gasteiger partial charge in [-0.05, 0) is 42.5 Å². The van der Waals surface area contributed by atoms with Crippen molar-refractivity contribution in [2.75, 3.05) is 12.4 Å². The van der Waals surface area contributed by atoms with Gasteiger partial charge in [0.15, 0.2) is 11.0 Å². The third kappa shape index (κ3) is 5.01. The lowest BCUT2D eigenvalue weighted by Crippen LogP contribution is -2.03. The lowest BCUT2D eigenvalue weighted by molar-refractivity contribution is 0.343. The summed E-state index contributed by atoms with van der Waals surface area (Å²) in [5.41, 5.74) is 1.97. The predicted molar refractivity (Wildman–Crippen MR) is 122 cm³/mol. The summed E-state index contributed by atoms with van der Waals surface area (Å²) >= 11 is 11.1. The third-order valence-electron chi connectivity index (χ3n) is 4.13. The van der Waals surface area contributed by atoms with Crippen molar-refractivity contribution in [2.24, 2.45) is 0 Å². The smallest absolute Gasteiger partial charge is 0.196 e. The van der Waals surface area contributed by atoms with Crippen LogP contribution >= 0.6 is 39.3 Å². The van der Waals surface area contributed by atoms with Crippen LogP contribution in [0.3, 0.4) is 0 Å². The van der Waals surface area contributed by atoms with E-state index < -0.39 is 0 Å². The third-order valence-corrected chi connectivity index (χ3v) is 5.77. The average Bonchev–Trinajstić information content (AvgIpc) is 3.16. The first kappa shape index (κ1) is 20.0. The molecule has 0 saturated carbocycles. The SMILES string of the molecule is Clc1ccc(-n2c(SCCOc3cccc(Br)c3)nnc2-c2ccccc2)cc1. The second-order valence-corrected chi connectivity index (χ2v) is 8.55. The standard InChI is InChI=1S/C22H17BrClN3OS/c23-17-7-4-8-20(15-17)28-13-14-29-22-26-25-21(16-5-2-1-3-6-16)27(22)19-11-9-18(24)10-12-19/h1-12,15H,13-14H2. The van der Waals surface area contributed by atoms with Crippen LogP contribution in [0.15, 0.2) is 88.5 Å². The van der Waals surface area contributed by atoms with E-state index in [0.717, 1.165) is 38.2 Å². The number of thioether (sulfide) groups is 1. The monoisotopic (exact) mass is 485 g/mol. The Bertz CT molecular complexity index is 1090. The van der Waals surface area contributed by atoms with E-state index in [1.807, 2.05) is 78.9 Å². The Morgan fingerprint density at radius 3 is 2.48 bits per heavy atom. The highest BCUT2D eigenvalue weighted by atomic mass is 79.9. The number of rotatable bonds is 7. The van der Waals surface area contributed by atoms with E-state index in [-0.39, 0.29) is 0 Å². The Labute approximate surface area is 187 Å². The Morgan fingerprint density at radius 2 is 1.72 bits per heavy atom. The second-order valence-electron chi connectivity index (χ2n) is 6.14. The minimum atomic E-state index is 0.565. The van der Waals surface area contributed by atoms with E-state index >= 15 is 0 Å². The summed E-state index contributed by atoms with van der Waals surface area (Å²) in [5, 5.41) is 10.4. The number of ether oxygens (including phenoxy) is 1. The molecule has 0 aliphatic heterocycles. The largest absolute Gasteiger partial charge is 0.493 e. The van der Waals surface area contributed by atoms with Crippen LogP contribution < -0.4 is 4.74 Å². The van der Waals surface area contributed by atoms with Crippen LogP contribution in [-0.2, 0) is 0 Å². The zero-order valence-corrected chi connectivity index (χ0v) is 18.5. The summed E-state index contributed by atoms with van der Waals surface area (Å²) in [6, 6.07) is 25.5. The van der Waals surface area contributed by atoms with Crippen LogP contribution in [0.2, 0.25) is 5.02 Å². The number of halogens is 2. The van der Waals surface area contributed by atoms with Crippen molar-refractivity contribution >= 4 is 39.3 Å². The van der Waals surface area contributed by atoms with Crippen LogP contribution in [0.4, 0.5) is 0 Å². The summed E-state index contributed by atoms with van der Waals surface area (Å²) in [7, 11) is 0. The van der Waals surface area contributed by atoms with Gasteiger partial charge in [-0.1, -0.05) is 75.7 Å². The minimum absolute atomic E-state index is 0.565. The van der Waals surface area contributed by atoms with Gasteiger partial charge in [0.25, 0.3) is 0 Å². The maximum atomic E-state index is 6.08. The summed E-state index contributed by atoms with van der Waals surface area (Å²) in [6.45, 7) is 0.565. The molecule has 0 aliphatic rings. The summed E-state index contributed by atoms with van der Waals surface area (Å²) in [6.07, 6.45) is 0. The Kier molecular flexibility index (Phi) is 6.54. The quantitative estimate of drug-likeness (QED) is 0.220. The van der Waals surface area contributed by atoms with Gasteiger partial charge >= 0.3 is 0 Å². The van der Waals surface area contributed by atoms with Crippen LogP contribution in [-0.4, -0.2) is 27.1 Å². The van der Waals surface area contributed by atoms with Crippen molar-refractivity contribution in [1.29, 1.82) is 0 Å². The van der Waals surface area contributed by atoms with E-state index in [4.69, 9.17) is 16.3 Å². The summed E-state index contributed by atoms with van der Waals surface area (Å²) in [5.74, 6) is 2.37. The van der Waals surface area contributed by atoms with Crippen molar-refractivity contribution < 1.29 is 4.74 Å². The van der Waals surface area contributed by atoms with E-state index in [9.17, 15) is 0 Å². The number of aromatic nitrogens is 3. The first-order chi connectivity index (χ1) is 14.2.